The first-order valence-corrected chi connectivity index (χ1v) is 6.96. The lowest BCUT2D eigenvalue weighted by Gasteiger charge is -2.63. The summed E-state index contributed by atoms with van der Waals surface area (Å²) in [5, 5.41) is 0. The number of carbonyl (C=O) groups is 2. The van der Waals surface area contributed by atoms with Crippen molar-refractivity contribution in [2.24, 2.45) is 16.7 Å². The summed E-state index contributed by atoms with van der Waals surface area (Å²) >= 11 is 1.78. The topological polar surface area (TPSA) is 43.4 Å². The molecule has 0 radical (unpaired) electrons. The summed E-state index contributed by atoms with van der Waals surface area (Å²) in [5.74, 6) is 0.882. The maximum Gasteiger partial charge on any atom is 0.309 e. The molecule has 1 saturated carbocycles. The smallest absolute Gasteiger partial charge is 0.309 e. The van der Waals surface area contributed by atoms with Crippen LogP contribution >= 0.6 is 11.8 Å². The highest BCUT2D eigenvalue weighted by molar-refractivity contribution is 8.01. The number of thioether (sulfide) groups is 1. The van der Waals surface area contributed by atoms with Crippen molar-refractivity contribution < 1.29 is 14.3 Å². The maximum atomic E-state index is 12.2. The fourth-order valence-corrected chi connectivity index (χ4v) is 5.73. The average Bonchev–Trinajstić information content (AvgIpc) is 2.74. The van der Waals surface area contributed by atoms with Crippen molar-refractivity contribution in [2.45, 2.75) is 38.9 Å². The Labute approximate surface area is 107 Å². The molecule has 3 nitrogen and oxygen atoms in total. The molecule has 1 atom stereocenters. The molecule has 0 aromatic heterocycles. The monoisotopic (exact) mass is 256 g/mol. The summed E-state index contributed by atoms with van der Waals surface area (Å²) in [5.41, 5.74) is -0.659. The number of ketones is 1. The summed E-state index contributed by atoms with van der Waals surface area (Å²) in [4.78, 5) is 23.8. The van der Waals surface area contributed by atoms with Gasteiger partial charge in [-0.25, -0.2) is 0 Å². The van der Waals surface area contributed by atoms with Crippen LogP contribution in [0.4, 0.5) is 0 Å². The molecular formula is C13H20O3S. The predicted molar refractivity (Wildman–Crippen MR) is 67.9 cm³/mol. The van der Waals surface area contributed by atoms with Crippen LogP contribution < -0.4 is 0 Å². The lowest BCUT2D eigenvalue weighted by molar-refractivity contribution is -0.162. The summed E-state index contributed by atoms with van der Waals surface area (Å²) in [7, 11) is 1.43. The molecule has 2 aliphatic rings. The third-order valence-electron chi connectivity index (χ3n) is 4.75. The van der Waals surface area contributed by atoms with Crippen LogP contribution in [0.3, 0.4) is 0 Å². The number of hydrogen-bond acceptors (Lipinski definition) is 4. The predicted octanol–water partition coefficient (Wildman–Crippen LogP) is 2.29. The van der Waals surface area contributed by atoms with Gasteiger partial charge in [-0.3, -0.25) is 9.59 Å². The van der Waals surface area contributed by atoms with Gasteiger partial charge in [-0.15, -0.1) is 0 Å². The Morgan fingerprint density at radius 1 is 1.29 bits per heavy atom. The number of rotatable bonds is 1. The van der Waals surface area contributed by atoms with E-state index in [0.29, 0.717) is 5.78 Å². The normalized spacial score (nSPS) is 32.3. The van der Waals surface area contributed by atoms with Gasteiger partial charge in [0.05, 0.1) is 13.0 Å². The van der Waals surface area contributed by atoms with Gasteiger partial charge >= 0.3 is 5.97 Å². The molecule has 96 valence electrons. The summed E-state index contributed by atoms with van der Waals surface area (Å²) in [6.07, 6.45) is 0.760. The number of Topliss-reactive ketones (excluding diaryl/α,β-unsaturated/α-hetero) is 1. The van der Waals surface area contributed by atoms with E-state index in [1.54, 1.807) is 11.8 Å². The van der Waals surface area contributed by atoms with E-state index in [2.05, 4.69) is 0 Å². The highest BCUT2D eigenvalue weighted by Gasteiger charge is 2.74. The van der Waals surface area contributed by atoms with Crippen molar-refractivity contribution >= 4 is 23.5 Å². The van der Waals surface area contributed by atoms with Crippen molar-refractivity contribution in [3.8, 4) is 0 Å². The third-order valence-corrected chi connectivity index (χ3v) is 7.00. The van der Waals surface area contributed by atoms with E-state index in [-0.39, 0.29) is 27.5 Å². The molecule has 4 heteroatoms. The molecule has 17 heavy (non-hydrogen) atoms. The first kappa shape index (κ1) is 12.9. The van der Waals surface area contributed by atoms with E-state index in [0.717, 1.165) is 12.2 Å². The van der Waals surface area contributed by atoms with Gasteiger partial charge in [0, 0.05) is 21.3 Å². The zero-order chi connectivity index (χ0) is 13.1. The van der Waals surface area contributed by atoms with Crippen LogP contribution in [-0.4, -0.2) is 29.4 Å². The van der Waals surface area contributed by atoms with E-state index in [1.807, 2.05) is 27.7 Å². The molecule has 1 unspecified atom stereocenters. The van der Waals surface area contributed by atoms with E-state index in [4.69, 9.17) is 4.74 Å². The molecule has 0 aromatic carbocycles. The van der Waals surface area contributed by atoms with Gasteiger partial charge in [0.2, 0.25) is 0 Å². The summed E-state index contributed by atoms with van der Waals surface area (Å²) < 4.78 is 4.72. The van der Waals surface area contributed by atoms with Crippen LogP contribution in [0.25, 0.3) is 0 Å². The molecule has 2 rings (SSSR count). The number of hydrogen-bond donors (Lipinski definition) is 0. The molecule has 2 fully saturated rings. The van der Waals surface area contributed by atoms with Crippen molar-refractivity contribution in [3.05, 3.63) is 0 Å². The van der Waals surface area contributed by atoms with Crippen molar-refractivity contribution in [3.63, 3.8) is 0 Å². The van der Waals surface area contributed by atoms with Gasteiger partial charge in [0.25, 0.3) is 0 Å². The first-order chi connectivity index (χ1) is 7.70. The minimum atomic E-state index is -0.329. The molecule has 0 bridgehead atoms. The van der Waals surface area contributed by atoms with E-state index in [9.17, 15) is 9.59 Å². The molecule has 0 N–H and O–H groups in total. The van der Waals surface area contributed by atoms with Gasteiger partial charge in [-0.2, -0.15) is 11.8 Å². The SMILES string of the molecule is COC(=O)C1CSC2(C1)C(C)(C)C(=O)C2(C)C. The Morgan fingerprint density at radius 2 is 1.82 bits per heavy atom. The van der Waals surface area contributed by atoms with Crippen molar-refractivity contribution in [2.75, 3.05) is 12.9 Å². The number of ether oxygens (including phenoxy) is 1. The van der Waals surface area contributed by atoms with Gasteiger partial charge in [-0.05, 0) is 6.42 Å². The summed E-state index contributed by atoms with van der Waals surface area (Å²) in [6, 6.07) is 0. The zero-order valence-electron chi connectivity index (χ0n) is 11.1. The standard InChI is InChI=1S/C13H20O3S/c1-11(2)10(15)12(3,4)13(11)6-8(7-17-13)9(14)16-5/h8H,6-7H2,1-5H3. The molecule has 1 spiro atoms. The van der Waals surface area contributed by atoms with Crippen molar-refractivity contribution in [1.29, 1.82) is 0 Å². The second-order valence-electron chi connectivity index (χ2n) is 6.14. The van der Waals surface area contributed by atoms with Gasteiger partial charge in [-0.1, -0.05) is 27.7 Å². The van der Waals surface area contributed by atoms with Crippen LogP contribution in [0.5, 0.6) is 0 Å². The van der Waals surface area contributed by atoms with E-state index < -0.39 is 0 Å². The molecule has 1 aliphatic carbocycles. The minimum absolute atomic E-state index is 0.0587. The maximum absolute atomic E-state index is 12.2. The lowest BCUT2D eigenvalue weighted by Crippen LogP contribution is -2.71. The number of esters is 1. The number of methoxy groups -OCH3 is 1. The molecule has 0 aromatic rings. The quantitative estimate of drug-likeness (QED) is 0.675. The third kappa shape index (κ3) is 1.30. The van der Waals surface area contributed by atoms with Crippen LogP contribution in [0.1, 0.15) is 34.1 Å². The Bertz CT molecular complexity index is 366. The lowest BCUT2D eigenvalue weighted by atomic mass is 9.45. The van der Waals surface area contributed by atoms with E-state index in [1.165, 1.54) is 7.11 Å². The van der Waals surface area contributed by atoms with Gasteiger partial charge in [0.15, 0.2) is 0 Å². The molecule has 1 saturated heterocycles. The van der Waals surface area contributed by atoms with Crippen LogP contribution in [0, 0.1) is 16.7 Å². The van der Waals surface area contributed by atoms with Crippen LogP contribution in [0.15, 0.2) is 0 Å². The zero-order valence-corrected chi connectivity index (χ0v) is 11.9. The number of carbonyl (C=O) groups excluding carboxylic acids is 2. The highest BCUT2D eigenvalue weighted by atomic mass is 32.2. The molecule has 1 heterocycles. The highest BCUT2D eigenvalue weighted by Crippen LogP contribution is 2.70. The Kier molecular flexibility index (Phi) is 2.66. The summed E-state index contributed by atoms with van der Waals surface area (Å²) in [6.45, 7) is 8.03. The molecule has 0 amide bonds. The average molecular weight is 256 g/mol. The van der Waals surface area contributed by atoms with Crippen LogP contribution in [0.2, 0.25) is 0 Å². The Hall–Kier alpha value is -0.510. The van der Waals surface area contributed by atoms with Gasteiger partial charge in [0.1, 0.15) is 5.78 Å². The second kappa shape index (κ2) is 3.50. The Morgan fingerprint density at radius 3 is 2.29 bits per heavy atom. The first-order valence-electron chi connectivity index (χ1n) is 5.97. The largest absolute Gasteiger partial charge is 0.469 e. The molecular weight excluding hydrogens is 236 g/mol. The fourth-order valence-electron chi connectivity index (χ4n) is 3.76. The van der Waals surface area contributed by atoms with E-state index >= 15 is 0 Å². The van der Waals surface area contributed by atoms with Crippen LogP contribution in [-0.2, 0) is 14.3 Å². The van der Waals surface area contributed by atoms with Gasteiger partial charge < -0.3 is 4.74 Å². The second-order valence-corrected chi connectivity index (χ2v) is 7.46. The Balaban J connectivity index is 2.28. The minimum Gasteiger partial charge on any atom is -0.469 e. The van der Waals surface area contributed by atoms with Crippen molar-refractivity contribution in [1.82, 2.24) is 0 Å². The molecule has 1 aliphatic heterocycles. The fraction of sp³-hybridized carbons (Fsp3) is 0.846.